The first-order valence-electron chi connectivity index (χ1n) is 4.92. The predicted octanol–water partition coefficient (Wildman–Crippen LogP) is 1.40. The number of ether oxygens (including phenoxy) is 3. The zero-order valence-electron chi connectivity index (χ0n) is 7.86. The third kappa shape index (κ3) is 1.44. The van der Waals surface area contributed by atoms with Gasteiger partial charge in [-0.15, -0.1) is 0 Å². The van der Waals surface area contributed by atoms with Crippen LogP contribution in [0.15, 0.2) is 18.2 Å². The summed E-state index contributed by atoms with van der Waals surface area (Å²) in [6, 6.07) is 6.03. The van der Waals surface area contributed by atoms with E-state index in [-0.39, 0.29) is 0 Å². The van der Waals surface area contributed by atoms with Crippen molar-refractivity contribution in [1.82, 2.24) is 0 Å². The van der Waals surface area contributed by atoms with Gasteiger partial charge in [0.1, 0.15) is 13.2 Å². The van der Waals surface area contributed by atoms with Gasteiger partial charge in [-0.2, -0.15) is 0 Å². The molecule has 2 aliphatic heterocycles. The topological polar surface area (TPSA) is 31.0 Å². The predicted molar refractivity (Wildman–Crippen MR) is 50.9 cm³/mol. The second kappa shape index (κ2) is 3.17. The third-order valence-corrected chi connectivity index (χ3v) is 2.50. The molecule has 0 radical (unpaired) electrons. The lowest BCUT2D eigenvalue weighted by atomic mass is 10.1. The molecule has 0 N–H and O–H groups in total. The van der Waals surface area contributed by atoms with Gasteiger partial charge in [0.05, 0.1) is 12.7 Å². The van der Waals surface area contributed by atoms with Gasteiger partial charge in [-0.3, -0.25) is 0 Å². The molecule has 3 nitrogen and oxygen atoms in total. The molecule has 1 saturated heterocycles. The van der Waals surface area contributed by atoms with Crippen molar-refractivity contribution in [3.8, 4) is 11.5 Å². The van der Waals surface area contributed by atoms with Gasteiger partial charge in [0, 0.05) is 12.0 Å². The minimum Gasteiger partial charge on any atom is -0.486 e. The number of hydrogen-bond donors (Lipinski definition) is 0. The van der Waals surface area contributed by atoms with Crippen LogP contribution in [-0.4, -0.2) is 25.9 Å². The maximum absolute atomic E-state index is 5.60. The summed E-state index contributed by atoms with van der Waals surface area (Å²) < 4.78 is 16.3. The summed E-state index contributed by atoms with van der Waals surface area (Å²) in [5.41, 5.74) is 1.20. The molecule has 0 amide bonds. The van der Waals surface area contributed by atoms with E-state index in [1.54, 1.807) is 0 Å². The Morgan fingerprint density at radius 3 is 2.93 bits per heavy atom. The number of epoxide rings is 1. The van der Waals surface area contributed by atoms with Crippen LogP contribution in [0, 0.1) is 0 Å². The molecule has 1 atom stereocenters. The molecule has 0 aromatic heterocycles. The molecule has 14 heavy (non-hydrogen) atoms. The summed E-state index contributed by atoms with van der Waals surface area (Å²) in [6.07, 6.45) is 1.33. The third-order valence-electron chi connectivity index (χ3n) is 2.50. The van der Waals surface area contributed by atoms with Crippen LogP contribution in [0.3, 0.4) is 0 Å². The van der Waals surface area contributed by atoms with Crippen molar-refractivity contribution in [3.63, 3.8) is 0 Å². The van der Waals surface area contributed by atoms with Crippen LogP contribution in [-0.2, 0) is 11.2 Å². The lowest BCUT2D eigenvalue weighted by Gasteiger charge is -2.20. The number of fused-ring (bicyclic) bond motifs is 1. The minimum atomic E-state index is 0.395. The molecule has 2 aliphatic rings. The summed E-state index contributed by atoms with van der Waals surface area (Å²) >= 11 is 0. The summed E-state index contributed by atoms with van der Waals surface area (Å²) in [7, 11) is 0. The Hall–Kier alpha value is -1.22. The van der Waals surface area contributed by atoms with E-state index in [2.05, 4.69) is 6.07 Å². The molecule has 1 fully saturated rings. The Bertz CT molecular complexity index is 344. The average Bonchev–Trinajstić information content (AvgIpc) is 3.03. The molecule has 1 aromatic rings. The van der Waals surface area contributed by atoms with E-state index >= 15 is 0 Å². The van der Waals surface area contributed by atoms with Gasteiger partial charge in [0.25, 0.3) is 0 Å². The highest BCUT2D eigenvalue weighted by Crippen LogP contribution is 2.35. The van der Waals surface area contributed by atoms with Gasteiger partial charge in [-0.1, -0.05) is 12.1 Å². The largest absolute Gasteiger partial charge is 0.486 e. The summed E-state index contributed by atoms with van der Waals surface area (Å²) in [4.78, 5) is 0. The van der Waals surface area contributed by atoms with Crippen LogP contribution in [0.4, 0.5) is 0 Å². The molecular formula is C11H12O3. The normalized spacial score (nSPS) is 23.3. The Labute approximate surface area is 82.6 Å². The zero-order valence-corrected chi connectivity index (χ0v) is 7.86. The maximum Gasteiger partial charge on any atom is 0.164 e. The lowest BCUT2D eigenvalue weighted by molar-refractivity contribution is 0.169. The van der Waals surface area contributed by atoms with Gasteiger partial charge >= 0.3 is 0 Å². The van der Waals surface area contributed by atoms with Crippen LogP contribution in [0.1, 0.15) is 5.56 Å². The molecule has 0 aliphatic carbocycles. The number of hydrogen-bond acceptors (Lipinski definition) is 3. The van der Waals surface area contributed by atoms with E-state index in [0.717, 1.165) is 24.5 Å². The molecule has 2 heterocycles. The van der Waals surface area contributed by atoms with Gasteiger partial charge in [0.15, 0.2) is 11.5 Å². The van der Waals surface area contributed by atoms with Crippen molar-refractivity contribution in [2.75, 3.05) is 19.8 Å². The summed E-state index contributed by atoms with van der Waals surface area (Å²) in [5, 5.41) is 0. The van der Waals surface area contributed by atoms with E-state index in [0.29, 0.717) is 19.3 Å². The van der Waals surface area contributed by atoms with Gasteiger partial charge in [-0.05, 0) is 6.07 Å². The molecule has 0 saturated carbocycles. The summed E-state index contributed by atoms with van der Waals surface area (Å²) in [5.74, 6) is 1.78. The highest BCUT2D eigenvalue weighted by molar-refractivity contribution is 5.47. The van der Waals surface area contributed by atoms with Crippen molar-refractivity contribution >= 4 is 0 Å². The number of benzene rings is 1. The SMILES string of the molecule is c1cc(CC2CO2)c2c(c1)OCCO2. The van der Waals surface area contributed by atoms with Crippen LogP contribution in [0.5, 0.6) is 11.5 Å². The molecule has 3 heteroatoms. The zero-order chi connectivity index (χ0) is 9.38. The molecule has 74 valence electrons. The highest BCUT2D eigenvalue weighted by Gasteiger charge is 2.26. The van der Waals surface area contributed by atoms with Crippen molar-refractivity contribution < 1.29 is 14.2 Å². The van der Waals surface area contributed by atoms with E-state index in [1.807, 2.05) is 12.1 Å². The number of para-hydroxylation sites is 1. The molecular weight excluding hydrogens is 180 g/mol. The summed E-state index contributed by atoms with van der Waals surface area (Å²) in [6.45, 7) is 2.18. The quantitative estimate of drug-likeness (QED) is 0.664. The maximum atomic E-state index is 5.60. The van der Waals surface area contributed by atoms with Gasteiger partial charge in [-0.25, -0.2) is 0 Å². The second-order valence-electron chi connectivity index (χ2n) is 3.60. The molecule has 1 aromatic carbocycles. The van der Waals surface area contributed by atoms with Crippen molar-refractivity contribution in [2.45, 2.75) is 12.5 Å². The Balaban J connectivity index is 1.92. The standard InChI is InChI=1S/C11H12O3/c1-2-8(6-9-7-14-9)11-10(3-1)12-4-5-13-11/h1-3,9H,4-7H2. The lowest BCUT2D eigenvalue weighted by Crippen LogP contribution is -2.16. The smallest absolute Gasteiger partial charge is 0.164 e. The van der Waals surface area contributed by atoms with Crippen molar-refractivity contribution in [1.29, 1.82) is 0 Å². The van der Waals surface area contributed by atoms with E-state index in [1.165, 1.54) is 5.56 Å². The first-order valence-corrected chi connectivity index (χ1v) is 4.92. The number of rotatable bonds is 2. The monoisotopic (exact) mass is 192 g/mol. The fraction of sp³-hybridized carbons (Fsp3) is 0.455. The molecule has 3 rings (SSSR count). The van der Waals surface area contributed by atoms with Crippen LogP contribution < -0.4 is 9.47 Å². The molecule has 1 unspecified atom stereocenters. The van der Waals surface area contributed by atoms with Crippen LogP contribution in [0.25, 0.3) is 0 Å². The Morgan fingerprint density at radius 2 is 2.07 bits per heavy atom. The molecule has 0 bridgehead atoms. The average molecular weight is 192 g/mol. The van der Waals surface area contributed by atoms with Gasteiger partial charge in [0.2, 0.25) is 0 Å². The van der Waals surface area contributed by atoms with E-state index in [9.17, 15) is 0 Å². The minimum absolute atomic E-state index is 0.395. The Kier molecular flexibility index (Phi) is 1.84. The van der Waals surface area contributed by atoms with Crippen LogP contribution in [0.2, 0.25) is 0 Å². The highest BCUT2D eigenvalue weighted by atomic mass is 16.6. The van der Waals surface area contributed by atoms with Gasteiger partial charge < -0.3 is 14.2 Å². The van der Waals surface area contributed by atoms with E-state index < -0.39 is 0 Å². The van der Waals surface area contributed by atoms with Crippen molar-refractivity contribution in [3.05, 3.63) is 23.8 Å². The van der Waals surface area contributed by atoms with E-state index in [4.69, 9.17) is 14.2 Å². The Morgan fingerprint density at radius 1 is 1.21 bits per heavy atom. The first kappa shape index (κ1) is 8.12. The second-order valence-corrected chi connectivity index (χ2v) is 3.60. The molecule has 0 spiro atoms. The fourth-order valence-electron chi connectivity index (χ4n) is 1.73. The van der Waals surface area contributed by atoms with Crippen molar-refractivity contribution in [2.24, 2.45) is 0 Å². The fourth-order valence-corrected chi connectivity index (χ4v) is 1.73. The first-order chi connectivity index (χ1) is 6.93. The van der Waals surface area contributed by atoms with Crippen LogP contribution >= 0.6 is 0 Å².